The fourth-order valence-corrected chi connectivity index (χ4v) is 4.43. The number of methoxy groups -OCH3 is 1. The molecule has 180 valence electrons. The Morgan fingerprint density at radius 2 is 1.82 bits per heavy atom. The Morgan fingerprint density at radius 3 is 2.53 bits per heavy atom. The molecule has 0 unspecified atom stereocenters. The maximum Gasteiger partial charge on any atom is 0.251 e. The topological polar surface area (TPSA) is 83.7 Å². The monoisotopic (exact) mass is 463 g/mol. The number of carbonyl (C=O) groups excluding carboxylic acids is 2. The smallest absolute Gasteiger partial charge is 0.251 e. The van der Waals surface area contributed by atoms with Crippen molar-refractivity contribution in [2.45, 2.75) is 38.5 Å². The van der Waals surface area contributed by atoms with E-state index in [0.29, 0.717) is 31.2 Å². The van der Waals surface area contributed by atoms with Crippen LogP contribution in [0.4, 0.5) is 0 Å². The van der Waals surface area contributed by atoms with Crippen molar-refractivity contribution < 1.29 is 19.1 Å². The van der Waals surface area contributed by atoms with Crippen LogP contribution in [0.25, 0.3) is 10.9 Å². The molecule has 1 saturated heterocycles. The van der Waals surface area contributed by atoms with Gasteiger partial charge in [-0.15, -0.1) is 0 Å². The van der Waals surface area contributed by atoms with Gasteiger partial charge in [0.15, 0.2) is 0 Å². The molecule has 7 nitrogen and oxygen atoms in total. The maximum atomic E-state index is 12.7. The summed E-state index contributed by atoms with van der Waals surface area (Å²) in [5, 5.41) is 3.93. The van der Waals surface area contributed by atoms with Crippen LogP contribution in [0.5, 0.6) is 11.5 Å². The summed E-state index contributed by atoms with van der Waals surface area (Å²) in [5.74, 6) is 1.67. The number of benzene rings is 2. The maximum absolute atomic E-state index is 12.7. The lowest BCUT2D eigenvalue weighted by Crippen LogP contribution is -2.43. The van der Waals surface area contributed by atoms with Crippen molar-refractivity contribution >= 4 is 22.7 Å². The van der Waals surface area contributed by atoms with Crippen LogP contribution in [0.1, 0.15) is 54.4 Å². The molecule has 7 heteroatoms. The Balaban J connectivity index is 1.26. The molecule has 4 rings (SSSR count). The van der Waals surface area contributed by atoms with Gasteiger partial charge in [-0.05, 0) is 73.2 Å². The van der Waals surface area contributed by atoms with Gasteiger partial charge in [0.05, 0.1) is 20.3 Å². The number of aromatic nitrogens is 1. The predicted octanol–water partition coefficient (Wildman–Crippen LogP) is 4.49. The summed E-state index contributed by atoms with van der Waals surface area (Å²) in [4.78, 5) is 30.3. The van der Waals surface area contributed by atoms with Gasteiger partial charge >= 0.3 is 0 Å². The fraction of sp³-hybridized carbons (Fsp3) is 0.407. The summed E-state index contributed by atoms with van der Waals surface area (Å²) in [7, 11) is 1.68. The highest BCUT2D eigenvalue weighted by molar-refractivity contribution is 5.96. The number of amides is 2. The normalized spacial score (nSPS) is 14.2. The largest absolute Gasteiger partial charge is 0.497 e. The number of nitrogens with zero attached hydrogens (tertiary/aromatic N) is 1. The van der Waals surface area contributed by atoms with Gasteiger partial charge in [-0.3, -0.25) is 9.59 Å². The number of piperidine rings is 1. The Hall–Kier alpha value is -3.48. The molecule has 0 saturated carbocycles. The Bertz CT molecular complexity index is 1110. The minimum Gasteiger partial charge on any atom is -0.497 e. The third kappa shape index (κ3) is 5.53. The number of ether oxygens (including phenoxy) is 2. The second kappa shape index (κ2) is 11.1. The molecule has 3 aromatic rings. The average Bonchev–Trinajstić information content (AvgIpc) is 3.31. The van der Waals surface area contributed by atoms with E-state index in [0.717, 1.165) is 42.7 Å². The first-order valence-corrected chi connectivity index (χ1v) is 12.0. The van der Waals surface area contributed by atoms with Crippen LogP contribution >= 0.6 is 0 Å². The van der Waals surface area contributed by atoms with E-state index in [1.54, 1.807) is 31.4 Å². The standard InChI is InChI=1S/C27H33N3O4/c1-3-4-15-34-21-7-5-20(6-8-21)27(32)29-18-26(31)30-13-11-19(12-14-30)24-17-28-25-10-9-22(33-2)16-23(24)25/h5-10,16-17,19,28H,3-4,11-15,18H2,1-2H3,(H,29,32). The number of hydrogen-bond acceptors (Lipinski definition) is 4. The van der Waals surface area contributed by atoms with Crippen LogP contribution in [-0.2, 0) is 4.79 Å². The second-order valence-electron chi connectivity index (χ2n) is 8.72. The van der Waals surface area contributed by atoms with Crippen molar-refractivity contribution in [2.75, 3.05) is 33.4 Å². The highest BCUT2D eigenvalue weighted by Crippen LogP contribution is 2.34. The zero-order valence-electron chi connectivity index (χ0n) is 19.9. The number of fused-ring (bicyclic) bond motifs is 1. The molecule has 2 heterocycles. The molecule has 1 fully saturated rings. The van der Waals surface area contributed by atoms with Crippen molar-refractivity contribution in [2.24, 2.45) is 0 Å². The SMILES string of the molecule is CCCCOc1ccc(C(=O)NCC(=O)N2CCC(c3c[nH]c4ccc(OC)cc34)CC2)cc1. The van der Waals surface area contributed by atoms with Crippen LogP contribution in [0.15, 0.2) is 48.7 Å². The summed E-state index contributed by atoms with van der Waals surface area (Å²) in [6.07, 6.45) is 5.93. The van der Waals surface area contributed by atoms with Crippen molar-refractivity contribution in [3.05, 3.63) is 59.8 Å². The van der Waals surface area contributed by atoms with E-state index in [2.05, 4.69) is 29.5 Å². The van der Waals surface area contributed by atoms with Crippen LogP contribution in [-0.4, -0.2) is 55.0 Å². The first kappa shape index (κ1) is 23.7. The lowest BCUT2D eigenvalue weighted by molar-refractivity contribution is -0.131. The average molecular weight is 464 g/mol. The van der Waals surface area contributed by atoms with Crippen molar-refractivity contribution in [1.29, 1.82) is 0 Å². The molecule has 0 aliphatic carbocycles. The molecule has 1 aliphatic heterocycles. The molecular weight excluding hydrogens is 430 g/mol. The summed E-state index contributed by atoms with van der Waals surface area (Å²) < 4.78 is 11.0. The molecule has 1 aliphatic rings. The molecule has 2 amide bonds. The van der Waals surface area contributed by atoms with E-state index in [1.807, 2.05) is 17.0 Å². The quantitative estimate of drug-likeness (QED) is 0.458. The number of nitrogens with one attached hydrogen (secondary N) is 2. The van der Waals surface area contributed by atoms with Crippen LogP contribution in [0.2, 0.25) is 0 Å². The van der Waals surface area contributed by atoms with Crippen LogP contribution in [0, 0.1) is 0 Å². The van der Waals surface area contributed by atoms with E-state index in [9.17, 15) is 9.59 Å². The molecule has 2 N–H and O–H groups in total. The van der Waals surface area contributed by atoms with Gasteiger partial charge in [0.25, 0.3) is 5.91 Å². The Morgan fingerprint density at radius 1 is 1.09 bits per heavy atom. The van der Waals surface area contributed by atoms with Gasteiger partial charge in [0.1, 0.15) is 11.5 Å². The van der Waals surface area contributed by atoms with E-state index < -0.39 is 0 Å². The van der Waals surface area contributed by atoms with Crippen molar-refractivity contribution in [1.82, 2.24) is 15.2 Å². The molecule has 0 bridgehead atoms. The third-order valence-electron chi connectivity index (χ3n) is 6.49. The van der Waals surface area contributed by atoms with Crippen molar-refractivity contribution in [3.63, 3.8) is 0 Å². The molecular formula is C27H33N3O4. The summed E-state index contributed by atoms with van der Waals surface area (Å²) in [5.41, 5.74) is 2.89. The fourth-order valence-electron chi connectivity index (χ4n) is 4.43. The Kier molecular flexibility index (Phi) is 7.72. The molecule has 0 spiro atoms. The van der Waals surface area contributed by atoms with Gasteiger partial charge in [0, 0.05) is 35.8 Å². The first-order valence-electron chi connectivity index (χ1n) is 12.0. The predicted molar refractivity (Wildman–Crippen MR) is 133 cm³/mol. The first-order chi connectivity index (χ1) is 16.6. The lowest BCUT2D eigenvalue weighted by atomic mass is 9.89. The number of unbranched alkanes of at least 4 members (excludes halogenated alkanes) is 1. The molecule has 2 aromatic carbocycles. The highest BCUT2D eigenvalue weighted by Gasteiger charge is 2.25. The molecule has 1 aromatic heterocycles. The number of likely N-dealkylation sites (tertiary alicyclic amines) is 1. The van der Waals surface area contributed by atoms with Gasteiger partial charge < -0.3 is 24.7 Å². The van der Waals surface area contributed by atoms with E-state index in [1.165, 1.54) is 10.9 Å². The minimum absolute atomic E-state index is 0.00252. The van der Waals surface area contributed by atoms with Gasteiger partial charge in [0.2, 0.25) is 5.91 Å². The number of H-pyrrole nitrogens is 1. The van der Waals surface area contributed by atoms with E-state index >= 15 is 0 Å². The summed E-state index contributed by atoms with van der Waals surface area (Å²) >= 11 is 0. The number of aromatic amines is 1. The minimum atomic E-state index is -0.254. The highest BCUT2D eigenvalue weighted by atomic mass is 16.5. The lowest BCUT2D eigenvalue weighted by Gasteiger charge is -2.32. The zero-order chi connectivity index (χ0) is 23.9. The number of carbonyl (C=O) groups is 2. The third-order valence-corrected chi connectivity index (χ3v) is 6.49. The van der Waals surface area contributed by atoms with Crippen LogP contribution < -0.4 is 14.8 Å². The van der Waals surface area contributed by atoms with E-state index in [4.69, 9.17) is 9.47 Å². The molecule has 34 heavy (non-hydrogen) atoms. The Labute approximate surface area is 200 Å². The van der Waals surface area contributed by atoms with Gasteiger partial charge in [-0.25, -0.2) is 0 Å². The molecule has 0 atom stereocenters. The van der Waals surface area contributed by atoms with Gasteiger partial charge in [-0.2, -0.15) is 0 Å². The summed E-state index contributed by atoms with van der Waals surface area (Å²) in [6.45, 7) is 4.14. The number of hydrogen-bond donors (Lipinski definition) is 2. The van der Waals surface area contributed by atoms with Crippen molar-refractivity contribution in [3.8, 4) is 11.5 Å². The number of rotatable bonds is 9. The summed E-state index contributed by atoms with van der Waals surface area (Å²) in [6, 6.07) is 13.1. The zero-order valence-corrected chi connectivity index (χ0v) is 19.9. The molecule has 0 radical (unpaired) electrons. The second-order valence-corrected chi connectivity index (χ2v) is 8.72. The van der Waals surface area contributed by atoms with Gasteiger partial charge in [-0.1, -0.05) is 13.3 Å². The van der Waals surface area contributed by atoms with E-state index in [-0.39, 0.29) is 18.4 Å². The van der Waals surface area contributed by atoms with Crippen LogP contribution in [0.3, 0.4) is 0 Å².